The molecule has 3 heterocycles. The van der Waals surface area contributed by atoms with E-state index in [4.69, 9.17) is 15.2 Å². The number of rotatable bonds is 5. The van der Waals surface area contributed by atoms with Gasteiger partial charge in [-0.3, -0.25) is 4.57 Å². The molecular weight excluding hydrogens is 396 g/mol. The van der Waals surface area contributed by atoms with E-state index in [0.29, 0.717) is 17.8 Å². The van der Waals surface area contributed by atoms with Crippen molar-refractivity contribution in [2.75, 3.05) is 39.6 Å². The largest absolute Gasteiger partial charge is 0.453 e. The van der Waals surface area contributed by atoms with Crippen LogP contribution in [0.3, 0.4) is 0 Å². The van der Waals surface area contributed by atoms with Crippen LogP contribution in [0, 0.1) is 11.8 Å². The lowest BCUT2D eigenvalue weighted by Gasteiger charge is -2.16. The second-order valence-electron chi connectivity index (χ2n) is 6.59. The van der Waals surface area contributed by atoms with Gasteiger partial charge in [-0.05, 0) is 12.8 Å². The molecule has 162 valence electrons. The zero-order valence-corrected chi connectivity index (χ0v) is 16.8. The van der Waals surface area contributed by atoms with E-state index in [2.05, 4.69) is 31.5 Å². The van der Waals surface area contributed by atoms with E-state index in [9.17, 15) is 15.0 Å². The molecule has 0 spiro atoms. The summed E-state index contributed by atoms with van der Waals surface area (Å²) < 4.78 is 17.1. The first-order valence-corrected chi connectivity index (χ1v) is 9.24. The molecule has 12 heteroatoms. The van der Waals surface area contributed by atoms with Gasteiger partial charge < -0.3 is 35.1 Å². The van der Waals surface area contributed by atoms with Crippen LogP contribution in [-0.4, -0.2) is 93.0 Å². The van der Waals surface area contributed by atoms with Gasteiger partial charge in [0.15, 0.2) is 17.7 Å². The highest BCUT2D eigenvalue weighted by Crippen LogP contribution is 2.32. The van der Waals surface area contributed by atoms with Gasteiger partial charge in [-0.15, -0.1) is 0 Å². The maximum absolute atomic E-state index is 11.4. The Hall–Kier alpha value is -2.98. The Morgan fingerprint density at radius 1 is 1.40 bits per heavy atom. The molecule has 1 amide bonds. The summed E-state index contributed by atoms with van der Waals surface area (Å²) in [5, 5.41) is 20.7. The standard InChI is InChI=1S/C18H24N6O6/c1-4-29-8-10-13(25)14(26)17(30-10)24-9-20-12-15(19)21-11(22-16(12)24)6-5-7-23(2)18(27)28-3/h9-10,13-14,17,25-26H,4,7-8H2,1-3H3,(H2,19,21,22)/t10-,13-,14-,17-/m1/s1. The van der Waals surface area contributed by atoms with Crippen molar-refractivity contribution < 1.29 is 29.2 Å². The minimum absolute atomic E-state index is 0.100. The number of hydrogen-bond acceptors (Lipinski definition) is 10. The Morgan fingerprint density at radius 2 is 2.17 bits per heavy atom. The molecule has 1 saturated heterocycles. The number of aliphatic hydroxyl groups excluding tert-OH is 2. The third-order valence-electron chi connectivity index (χ3n) is 4.55. The van der Waals surface area contributed by atoms with Crippen LogP contribution in [-0.2, 0) is 14.2 Å². The molecule has 1 fully saturated rings. The average Bonchev–Trinajstić information content (AvgIpc) is 3.27. The number of fused-ring (bicyclic) bond motifs is 1. The third-order valence-corrected chi connectivity index (χ3v) is 4.55. The number of amides is 1. The van der Waals surface area contributed by atoms with Crippen LogP contribution in [0.5, 0.6) is 0 Å². The van der Waals surface area contributed by atoms with Gasteiger partial charge in [0.1, 0.15) is 23.8 Å². The quantitative estimate of drug-likeness (QED) is 0.518. The number of carbonyl (C=O) groups excluding carboxylic acids is 1. The van der Waals surface area contributed by atoms with Crippen molar-refractivity contribution in [2.45, 2.75) is 31.5 Å². The molecule has 0 aliphatic carbocycles. The fourth-order valence-corrected chi connectivity index (χ4v) is 2.97. The van der Waals surface area contributed by atoms with E-state index in [1.165, 1.54) is 30.0 Å². The van der Waals surface area contributed by atoms with Crippen LogP contribution in [0.25, 0.3) is 11.2 Å². The van der Waals surface area contributed by atoms with Crippen LogP contribution in [0.4, 0.5) is 10.6 Å². The van der Waals surface area contributed by atoms with Crippen LogP contribution in [0.2, 0.25) is 0 Å². The van der Waals surface area contributed by atoms with Crippen molar-refractivity contribution >= 4 is 23.1 Å². The highest BCUT2D eigenvalue weighted by Gasteiger charge is 2.44. The first-order valence-electron chi connectivity index (χ1n) is 9.24. The molecule has 3 rings (SSSR count). The maximum Gasteiger partial charge on any atom is 0.410 e. The van der Waals surface area contributed by atoms with Crippen molar-refractivity contribution in [3.05, 3.63) is 12.2 Å². The molecule has 4 N–H and O–H groups in total. The normalized spacial score (nSPS) is 23.2. The monoisotopic (exact) mass is 420 g/mol. The van der Waals surface area contributed by atoms with Gasteiger partial charge in [0.2, 0.25) is 5.82 Å². The lowest BCUT2D eigenvalue weighted by Crippen LogP contribution is -2.33. The van der Waals surface area contributed by atoms with Gasteiger partial charge in [-0.25, -0.2) is 19.7 Å². The molecule has 2 aromatic rings. The average molecular weight is 420 g/mol. The third kappa shape index (κ3) is 4.29. The molecule has 30 heavy (non-hydrogen) atoms. The summed E-state index contributed by atoms with van der Waals surface area (Å²) in [6, 6.07) is 0. The summed E-state index contributed by atoms with van der Waals surface area (Å²) in [5.74, 6) is 5.71. The number of methoxy groups -OCH3 is 1. The first-order chi connectivity index (χ1) is 14.4. The number of aromatic nitrogens is 4. The molecule has 0 saturated carbocycles. The van der Waals surface area contributed by atoms with Crippen LogP contribution in [0.15, 0.2) is 6.33 Å². The number of ether oxygens (including phenoxy) is 3. The number of carbonyl (C=O) groups is 1. The Labute approximate surface area is 172 Å². The smallest absolute Gasteiger partial charge is 0.410 e. The van der Waals surface area contributed by atoms with Gasteiger partial charge in [0.05, 0.1) is 26.6 Å². The van der Waals surface area contributed by atoms with Crippen LogP contribution < -0.4 is 5.73 Å². The molecule has 0 unspecified atom stereocenters. The summed E-state index contributed by atoms with van der Waals surface area (Å²) in [6.45, 7) is 2.52. The Bertz CT molecular complexity index is 969. The zero-order chi connectivity index (χ0) is 21.8. The maximum atomic E-state index is 11.4. The van der Waals surface area contributed by atoms with E-state index < -0.39 is 30.6 Å². The van der Waals surface area contributed by atoms with E-state index in [-0.39, 0.29) is 24.8 Å². The number of imidazole rings is 1. The van der Waals surface area contributed by atoms with Crippen LogP contribution in [0.1, 0.15) is 19.0 Å². The number of hydrogen-bond donors (Lipinski definition) is 3. The van der Waals surface area contributed by atoms with Crippen molar-refractivity contribution in [1.29, 1.82) is 0 Å². The molecule has 0 radical (unpaired) electrons. The second-order valence-corrected chi connectivity index (χ2v) is 6.59. The summed E-state index contributed by atoms with van der Waals surface area (Å²) in [6.07, 6.45) is -3.10. The van der Waals surface area contributed by atoms with Crippen molar-refractivity contribution in [1.82, 2.24) is 24.4 Å². The SMILES string of the molecule is CCOC[C@H]1O[C@@H](n2cnc3c(N)nc(C#CCN(C)C(=O)OC)nc32)[C@H](O)[C@@H]1O. The van der Waals surface area contributed by atoms with E-state index in [1.807, 2.05) is 6.92 Å². The molecular formula is C18H24N6O6. The lowest BCUT2D eigenvalue weighted by atomic mass is 10.1. The summed E-state index contributed by atoms with van der Waals surface area (Å²) in [5.41, 5.74) is 6.58. The topological polar surface area (TPSA) is 158 Å². The minimum atomic E-state index is -1.22. The minimum Gasteiger partial charge on any atom is -0.453 e. The number of anilines is 1. The van der Waals surface area contributed by atoms with Crippen molar-refractivity contribution in [3.63, 3.8) is 0 Å². The zero-order valence-electron chi connectivity index (χ0n) is 16.8. The summed E-state index contributed by atoms with van der Waals surface area (Å²) in [7, 11) is 2.82. The number of nitrogens with two attached hydrogens (primary N) is 1. The lowest BCUT2D eigenvalue weighted by molar-refractivity contribution is -0.0638. The number of nitrogens with zero attached hydrogens (tertiary/aromatic N) is 5. The van der Waals surface area contributed by atoms with E-state index >= 15 is 0 Å². The Kier molecular flexibility index (Phi) is 6.68. The molecule has 0 aromatic carbocycles. The second kappa shape index (κ2) is 9.23. The molecule has 4 atom stereocenters. The van der Waals surface area contributed by atoms with Gasteiger partial charge in [0, 0.05) is 13.7 Å². The highest BCUT2D eigenvalue weighted by molar-refractivity contribution is 5.82. The van der Waals surface area contributed by atoms with Crippen molar-refractivity contribution in [2.24, 2.45) is 0 Å². The molecule has 12 nitrogen and oxygen atoms in total. The van der Waals surface area contributed by atoms with Crippen LogP contribution >= 0.6 is 0 Å². The first kappa shape index (κ1) is 21.7. The summed E-state index contributed by atoms with van der Waals surface area (Å²) in [4.78, 5) is 25.3. The van der Waals surface area contributed by atoms with Gasteiger partial charge in [-0.1, -0.05) is 5.92 Å². The fourth-order valence-electron chi connectivity index (χ4n) is 2.97. The highest BCUT2D eigenvalue weighted by atomic mass is 16.6. The Balaban J connectivity index is 1.87. The molecule has 1 aliphatic heterocycles. The number of nitrogen functional groups attached to an aromatic ring is 1. The van der Waals surface area contributed by atoms with Gasteiger partial charge >= 0.3 is 6.09 Å². The molecule has 2 aromatic heterocycles. The molecule has 0 bridgehead atoms. The predicted octanol–water partition coefficient (Wildman–Crippen LogP) is -0.886. The van der Waals surface area contributed by atoms with Gasteiger partial charge in [-0.2, -0.15) is 0 Å². The van der Waals surface area contributed by atoms with Gasteiger partial charge in [0.25, 0.3) is 0 Å². The van der Waals surface area contributed by atoms with E-state index in [0.717, 1.165) is 0 Å². The Morgan fingerprint density at radius 3 is 2.87 bits per heavy atom. The van der Waals surface area contributed by atoms with Crippen molar-refractivity contribution in [3.8, 4) is 11.8 Å². The number of aliphatic hydroxyl groups is 2. The van der Waals surface area contributed by atoms with E-state index in [1.54, 1.807) is 0 Å². The molecule has 1 aliphatic rings. The predicted molar refractivity (Wildman–Crippen MR) is 104 cm³/mol. The fraction of sp³-hybridized carbons (Fsp3) is 0.556. The summed E-state index contributed by atoms with van der Waals surface area (Å²) >= 11 is 0.